The number of nitriles is 1. The predicted molar refractivity (Wildman–Crippen MR) is 119 cm³/mol. The van der Waals surface area contributed by atoms with Crippen molar-refractivity contribution in [2.75, 3.05) is 11.4 Å². The van der Waals surface area contributed by atoms with Gasteiger partial charge in [0.25, 0.3) is 5.91 Å². The lowest BCUT2D eigenvalue weighted by atomic mass is 9.98. The van der Waals surface area contributed by atoms with Crippen molar-refractivity contribution < 1.29 is 4.79 Å². The number of carbonyl (C=O) groups is 1. The number of nitrogens with zero attached hydrogens (tertiary/aromatic N) is 2. The van der Waals surface area contributed by atoms with Crippen LogP contribution < -0.4 is 10.2 Å². The molecule has 3 aromatic carbocycles. The van der Waals surface area contributed by atoms with Gasteiger partial charge in [-0.25, -0.2) is 0 Å². The molecule has 148 valence electrons. The van der Waals surface area contributed by atoms with Gasteiger partial charge in [-0.2, -0.15) is 5.26 Å². The summed E-state index contributed by atoms with van der Waals surface area (Å²) >= 11 is 0. The highest BCUT2D eigenvalue weighted by Crippen LogP contribution is 2.28. The van der Waals surface area contributed by atoms with Crippen molar-refractivity contribution in [3.63, 3.8) is 0 Å². The van der Waals surface area contributed by atoms with Gasteiger partial charge in [0.15, 0.2) is 0 Å². The first kappa shape index (κ1) is 19.5. The number of aryl methyl sites for hydroxylation is 1. The van der Waals surface area contributed by atoms with Crippen LogP contribution in [0.25, 0.3) is 0 Å². The van der Waals surface area contributed by atoms with E-state index in [2.05, 4.69) is 11.4 Å². The van der Waals surface area contributed by atoms with E-state index in [1.54, 1.807) is 11.1 Å². The Morgan fingerprint density at radius 3 is 2.17 bits per heavy atom. The minimum Gasteiger partial charge on any atom is -0.379 e. The summed E-state index contributed by atoms with van der Waals surface area (Å²) in [7, 11) is 0. The number of anilines is 1. The number of hydrogen-bond donors (Lipinski definition) is 1. The molecule has 1 amide bonds. The number of benzene rings is 3. The smallest absolute Gasteiger partial charge is 0.270 e. The number of para-hydroxylation sites is 1. The fourth-order valence-electron chi connectivity index (χ4n) is 3.87. The number of carbonyl (C=O) groups excluding carboxylic acids is 1. The van der Waals surface area contributed by atoms with Gasteiger partial charge in [0.2, 0.25) is 0 Å². The molecule has 0 saturated carbocycles. The standard InChI is InChI=1S/C26H23N3O/c27-18-23(26(30)29-17-9-15-20-10-7-8-16-24(20)29)19-28-25(21-11-3-1-4-12-21)22-13-5-2-6-14-22/h1-8,10-14,16,19,25,28H,9,15,17H2/b23-19-. The molecular formula is C26H23N3O. The Bertz CT molecular complexity index is 1040. The molecule has 1 N–H and O–H groups in total. The maximum Gasteiger partial charge on any atom is 0.270 e. The van der Waals surface area contributed by atoms with E-state index in [1.807, 2.05) is 84.9 Å². The van der Waals surface area contributed by atoms with E-state index >= 15 is 0 Å². The molecule has 4 nitrogen and oxygen atoms in total. The van der Waals surface area contributed by atoms with Crippen LogP contribution in [0.2, 0.25) is 0 Å². The predicted octanol–water partition coefficient (Wildman–Crippen LogP) is 4.75. The monoisotopic (exact) mass is 393 g/mol. The van der Waals surface area contributed by atoms with Crippen LogP contribution in [0.4, 0.5) is 5.69 Å². The van der Waals surface area contributed by atoms with Gasteiger partial charge < -0.3 is 10.2 Å². The molecule has 0 radical (unpaired) electrons. The van der Waals surface area contributed by atoms with E-state index in [0.717, 1.165) is 35.2 Å². The summed E-state index contributed by atoms with van der Waals surface area (Å²) in [6, 6.07) is 29.9. The second-order valence-electron chi connectivity index (χ2n) is 7.28. The van der Waals surface area contributed by atoms with Gasteiger partial charge in [-0.1, -0.05) is 78.9 Å². The maximum atomic E-state index is 13.2. The van der Waals surface area contributed by atoms with E-state index < -0.39 is 0 Å². The quantitative estimate of drug-likeness (QED) is 0.503. The molecule has 0 aliphatic carbocycles. The molecule has 0 saturated heterocycles. The number of amides is 1. The Kier molecular flexibility index (Phi) is 5.91. The largest absolute Gasteiger partial charge is 0.379 e. The summed E-state index contributed by atoms with van der Waals surface area (Å²) in [5.74, 6) is -0.267. The van der Waals surface area contributed by atoms with Gasteiger partial charge in [0.05, 0.1) is 6.04 Å². The first-order valence-corrected chi connectivity index (χ1v) is 10.1. The van der Waals surface area contributed by atoms with Gasteiger partial charge in [-0.15, -0.1) is 0 Å². The molecule has 1 aliphatic rings. The SMILES string of the molecule is N#C/C(=C/NC(c1ccccc1)c1ccccc1)C(=O)N1CCCc2ccccc21. The molecule has 4 heteroatoms. The summed E-state index contributed by atoms with van der Waals surface area (Å²) in [4.78, 5) is 14.9. The van der Waals surface area contributed by atoms with Crippen molar-refractivity contribution in [1.29, 1.82) is 5.26 Å². The molecule has 0 fully saturated rings. The summed E-state index contributed by atoms with van der Waals surface area (Å²) in [5, 5.41) is 13.0. The third-order valence-electron chi connectivity index (χ3n) is 5.37. The van der Waals surface area contributed by atoms with Gasteiger partial charge in [-0.05, 0) is 35.6 Å². The maximum absolute atomic E-state index is 13.2. The second-order valence-corrected chi connectivity index (χ2v) is 7.28. The first-order valence-electron chi connectivity index (χ1n) is 10.1. The molecule has 1 heterocycles. The van der Waals surface area contributed by atoms with E-state index in [0.29, 0.717) is 6.54 Å². The van der Waals surface area contributed by atoms with Gasteiger partial charge >= 0.3 is 0 Å². The average Bonchev–Trinajstić information content (AvgIpc) is 2.82. The molecule has 0 atom stereocenters. The van der Waals surface area contributed by atoms with Gasteiger partial charge in [-0.3, -0.25) is 4.79 Å². The number of fused-ring (bicyclic) bond motifs is 1. The summed E-state index contributed by atoms with van der Waals surface area (Å²) in [6.45, 7) is 0.621. The Balaban J connectivity index is 1.62. The third kappa shape index (κ3) is 4.11. The molecule has 0 unspecified atom stereocenters. The highest BCUT2D eigenvalue weighted by Gasteiger charge is 2.25. The molecule has 3 aromatic rings. The highest BCUT2D eigenvalue weighted by molar-refractivity contribution is 6.08. The Morgan fingerprint density at radius 2 is 1.53 bits per heavy atom. The average molecular weight is 393 g/mol. The lowest BCUT2D eigenvalue weighted by molar-refractivity contribution is -0.114. The number of nitrogens with one attached hydrogen (secondary N) is 1. The lowest BCUT2D eigenvalue weighted by Crippen LogP contribution is -2.36. The topological polar surface area (TPSA) is 56.1 Å². The molecule has 4 rings (SSSR count). The zero-order valence-corrected chi connectivity index (χ0v) is 16.7. The molecule has 1 aliphatic heterocycles. The van der Waals surface area contributed by atoms with Crippen molar-refractivity contribution in [3.8, 4) is 6.07 Å². The van der Waals surface area contributed by atoms with E-state index in [-0.39, 0.29) is 17.5 Å². The van der Waals surface area contributed by atoms with Crippen LogP contribution in [-0.2, 0) is 11.2 Å². The summed E-state index contributed by atoms with van der Waals surface area (Å²) in [5.41, 5.74) is 4.27. The number of hydrogen-bond acceptors (Lipinski definition) is 3. The van der Waals surface area contributed by atoms with Crippen LogP contribution in [-0.4, -0.2) is 12.5 Å². The van der Waals surface area contributed by atoms with Crippen LogP contribution >= 0.6 is 0 Å². The Labute approximate surface area is 177 Å². The van der Waals surface area contributed by atoms with Crippen molar-refractivity contribution in [1.82, 2.24) is 5.32 Å². The zero-order chi connectivity index (χ0) is 20.8. The fraction of sp³-hybridized carbons (Fsp3) is 0.154. The van der Waals surface area contributed by atoms with Crippen LogP contribution in [0, 0.1) is 11.3 Å². The Hall–Kier alpha value is -3.84. The Morgan fingerprint density at radius 1 is 0.933 bits per heavy atom. The molecule has 0 bridgehead atoms. The van der Waals surface area contributed by atoms with Crippen molar-refractivity contribution in [2.45, 2.75) is 18.9 Å². The van der Waals surface area contributed by atoms with Crippen LogP contribution in [0.3, 0.4) is 0 Å². The fourth-order valence-corrected chi connectivity index (χ4v) is 3.87. The van der Waals surface area contributed by atoms with E-state index in [1.165, 1.54) is 0 Å². The minimum absolute atomic E-state index is 0.101. The van der Waals surface area contributed by atoms with Gasteiger partial charge in [0, 0.05) is 18.4 Å². The van der Waals surface area contributed by atoms with E-state index in [9.17, 15) is 10.1 Å². The van der Waals surface area contributed by atoms with E-state index in [4.69, 9.17) is 0 Å². The minimum atomic E-state index is -0.267. The van der Waals surface area contributed by atoms with Gasteiger partial charge in [0.1, 0.15) is 11.6 Å². The molecular weight excluding hydrogens is 370 g/mol. The molecule has 30 heavy (non-hydrogen) atoms. The lowest BCUT2D eigenvalue weighted by Gasteiger charge is -2.29. The first-order chi connectivity index (χ1) is 14.8. The zero-order valence-electron chi connectivity index (χ0n) is 16.7. The summed E-state index contributed by atoms with van der Waals surface area (Å²) < 4.78 is 0. The molecule has 0 spiro atoms. The van der Waals surface area contributed by atoms with Crippen molar-refractivity contribution in [3.05, 3.63) is 113 Å². The normalized spacial score (nSPS) is 13.5. The van der Waals surface area contributed by atoms with Crippen LogP contribution in [0.1, 0.15) is 29.2 Å². The summed E-state index contributed by atoms with van der Waals surface area (Å²) in [6.07, 6.45) is 3.41. The third-order valence-corrected chi connectivity index (χ3v) is 5.37. The van der Waals surface area contributed by atoms with Crippen molar-refractivity contribution >= 4 is 11.6 Å². The number of rotatable bonds is 5. The van der Waals surface area contributed by atoms with Crippen LogP contribution in [0.5, 0.6) is 0 Å². The second kappa shape index (κ2) is 9.11. The van der Waals surface area contributed by atoms with Crippen LogP contribution in [0.15, 0.2) is 96.7 Å². The highest BCUT2D eigenvalue weighted by atomic mass is 16.2. The van der Waals surface area contributed by atoms with Crippen molar-refractivity contribution in [2.24, 2.45) is 0 Å². The molecule has 0 aromatic heterocycles.